The van der Waals surface area contributed by atoms with Crippen LogP contribution in [0.25, 0.3) is 10.9 Å². The van der Waals surface area contributed by atoms with E-state index in [1.807, 2.05) is 17.0 Å². The molecule has 5 nitrogen and oxygen atoms in total. The predicted octanol–water partition coefficient (Wildman–Crippen LogP) is 5.01. The Balaban J connectivity index is 1.23. The zero-order valence-electron chi connectivity index (χ0n) is 16.8. The van der Waals surface area contributed by atoms with Crippen LogP contribution in [-0.4, -0.2) is 40.6 Å². The summed E-state index contributed by atoms with van der Waals surface area (Å²) in [5.41, 5.74) is 0.650. The SMILES string of the molecule is O=C(COc1ccc(Cl)c2cccnc12)N1[C@@H]2CC[C@H]1CC(Oc1ccc(F)cc1)C2. The Bertz CT molecular complexity index is 1090. The summed E-state index contributed by atoms with van der Waals surface area (Å²) in [6.45, 7) is -0.0379. The highest BCUT2D eigenvalue weighted by Crippen LogP contribution is 2.37. The van der Waals surface area contributed by atoms with Crippen LogP contribution in [0, 0.1) is 5.82 Å². The number of ether oxygens (including phenoxy) is 2. The van der Waals surface area contributed by atoms with Crippen LogP contribution >= 0.6 is 11.6 Å². The van der Waals surface area contributed by atoms with Crippen molar-refractivity contribution in [3.05, 3.63) is 65.6 Å². The van der Waals surface area contributed by atoms with E-state index in [4.69, 9.17) is 21.1 Å². The van der Waals surface area contributed by atoms with E-state index < -0.39 is 0 Å². The van der Waals surface area contributed by atoms with Crippen LogP contribution in [0.2, 0.25) is 5.02 Å². The second kappa shape index (κ2) is 8.35. The van der Waals surface area contributed by atoms with Crippen LogP contribution < -0.4 is 9.47 Å². The van der Waals surface area contributed by atoms with Gasteiger partial charge in [-0.25, -0.2) is 4.39 Å². The van der Waals surface area contributed by atoms with Crippen LogP contribution in [-0.2, 0) is 4.79 Å². The van der Waals surface area contributed by atoms with Crippen molar-refractivity contribution in [2.75, 3.05) is 6.61 Å². The molecule has 1 amide bonds. The Morgan fingerprint density at radius 3 is 2.58 bits per heavy atom. The maximum Gasteiger partial charge on any atom is 0.261 e. The van der Waals surface area contributed by atoms with Gasteiger partial charge < -0.3 is 14.4 Å². The van der Waals surface area contributed by atoms with Crippen molar-refractivity contribution in [1.29, 1.82) is 0 Å². The Kier molecular flexibility index (Phi) is 5.40. The molecule has 2 saturated heterocycles. The summed E-state index contributed by atoms with van der Waals surface area (Å²) in [4.78, 5) is 19.3. The summed E-state index contributed by atoms with van der Waals surface area (Å²) in [5.74, 6) is 0.912. The van der Waals surface area contributed by atoms with Crippen molar-refractivity contribution in [3.63, 3.8) is 0 Å². The lowest BCUT2D eigenvalue weighted by molar-refractivity contribution is -0.139. The van der Waals surface area contributed by atoms with E-state index in [-0.39, 0.29) is 36.5 Å². The van der Waals surface area contributed by atoms with E-state index in [1.165, 1.54) is 12.1 Å². The number of amides is 1. The topological polar surface area (TPSA) is 51.7 Å². The molecule has 0 saturated carbocycles. The van der Waals surface area contributed by atoms with Gasteiger partial charge in [0.15, 0.2) is 6.61 Å². The molecular weight excluding hydrogens is 419 g/mol. The summed E-state index contributed by atoms with van der Waals surface area (Å²) in [7, 11) is 0. The smallest absolute Gasteiger partial charge is 0.261 e. The molecule has 0 spiro atoms. The van der Waals surface area contributed by atoms with E-state index in [0.29, 0.717) is 22.0 Å². The van der Waals surface area contributed by atoms with Gasteiger partial charge >= 0.3 is 0 Å². The highest BCUT2D eigenvalue weighted by Gasteiger charge is 2.44. The van der Waals surface area contributed by atoms with E-state index >= 15 is 0 Å². The summed E-state index contributed by atoms with van der Waals surface area (Å²) < 4.78 is 25.0. The summed E-state index contributed by atoms with van der Waals surface area (Å²) in [6.07, 6.45) is 5.17. The summed E-state index contributed by atoms with van der Waals surface area (Å²) in [6, 6.07) is 13.6. The minimum Gasteiger partial charge on any atom is -0.490 e. The van der Waals surface area contributed by atoms with Gasteiger partial charge in [-0.1, -0.05) is 11.6 Å². The molecule has 2 fully saturated rings. The number of carbonyl (C=O) groups excluding carboxylic acids is 1. The quantitative estimate of drug-likeness (QED) is 0.559. The van der Waals surface area contributed by atoms with Crippen LogP contribution in [0.5, 0.6) is 11.5 Å². The average Bonchev–Trinajstić information content (AvgIpc) is 3.05. The lowest BCUT2D eigenvalue weighted by Gasteiger charge is -2.38. The number of piperidine rings is 1. The Labute approximate surface area is 184 Å². The number of hydrogen-bond acceptors (Lipinski definition) is 4. The molecule has 5 rings (SSSR count). The fourth-order valence-electron chi connectivity index (χ4n) is 4.78. The zero-order chi connectivity index (χ0) is 21.4. The molecule has 2 aliphatic heterocycles. The first-order valence-electron chi connectivity index (χ1n) is 10.5. The van der Waals surface area contributed by atoms with E-state index in [9.17, 15) is 9.18 Å². The molecule has 3 aromatic rings. The Morgan fingerprint density at radius 1 is 1.10 bits per heavy atom. The number of rotatable bonds is 5. The lowest BCUT2D eigenvalue weighted by Crippen LogP contribution is -2.50. The van der Waals surface area contributed by atoms with Crippen molar-refractivity contribution >= 4 is 28.4 Å². The van der Waals surface area contributed by atoms with Gasteiger partial charge in [0.1, 0.15) is 28.9 Å². The molecule has 2 bridgehead atoms. The molecule has 31 heavy (non-hydrogen) atoms. The number of carbonyl (C=O) groups is 1. The van der Waals surface area contributed by atoms with E-state index in [0.717, 1.165) is 31.1 Å². The number of benzene rings is 2. The zero-order valence-corrected chi connectivity index (χ0v) is 17.6. The van der Waals surface area contributed by atoms with Crippen molar-refractivity contribution in [1.82, 2.24) is 9.88 Å². The number of hydrogen-bond donors (Lipinski definition) is 0. The molecule has 0 aliphatic carbocycles. The maximum atomic E-state index is 13.1. The third kappa shape index (κ3) is 4.04. The highest BCUT2D eigenvalue weighted by atomic mass is 35.5. The van der Waals surface area contributed by atoms with E-state index in [2.05, 4.69) is 4.98 Å². The molecule has 0 radical (unpaired) electrons. The van der Waals surface area contributed by atoms with Gasteiger partial charge in [0.2, 0.25) is 0 Å². The summed E-state index contributed by atoms with van der Waals surface area (Å²) in [5, 5.41) is 1.40. The van der Waals surface area contributed by atoms with Gasteiger partial charge in [-0.2, -0.15) is 0 Å². The molecular formula is C24H22ClFN2O3. The molecule has 3 atom stereocenters. The maximum absolute atomic E-state index is 13.1. The first kappa shape index (κ1) is 20.1. The molecule has 3 heterocycles. The third-order valence-electron chi connectivity index (χ3n) is 6.12. The van der Waals surface area contributed by atoms with E-state index in [1.54, 1.807) is 30.5 Å². The molecule has 7 heteroatoms. The Morgan fingerprint density at radius 2 is 1.84 bits per heavy atom. The normalized spacial score (nSPS) is 22.5. The van der Waals surface area contributed by atoms with Crippen molar-refractivity contribution in [2.24, 2.45) is 0 Å². The van der Waals surface area contributed by atoms with Gasteiger partial charge in [0.25, 0.3) is 5.91 Å². The Hall–Kier alpha value is -2.86. The van der Waals surface area contributed by atoms with Crippen molar-refractivity contribution in [2.45, 2.75) is 43.9 Å². The first-order valence-corrected chi connectivity index (χ1v) is 10.9. The molecule has 0 N–H and O–H groups in total. The van der Waals surface area contributed by atoms with Crippen molar-refractivity contribution < 1.29 is 18.7 Å². The first-order chi connectivity index (χ1) is 15.1. The summed E-state index contributed by atoms with van der Waals surface area (Å²) >= 11 is 6.24. The average molecular weight is 441 g/mol. The van der Waals surface area contributed by atoms with Gasteiger partial charge in [-0.15, -0.1) is 0 Å². The number of nitrogens with zero attached hydrogens (tertiary/aromatic N) is 2. The fraction of sp³-hybridized carbons (Fsp3) is 0.333. The lowest BCUT2D eigenvalue weighted by atomic mass is 9.99. The van der Waals surface area contributed by atoms with Crippen LogP contribution in [0.4, 0.5) is 4.39 Å². The molecule has 2 aromatic carbocycles. The minimum atomic E-state index is -0.281. The monoisotopic (exact) mass is 440 g/mol. The number of pyridine rings is 1. The molecule has 1 unspecified atom stereocenters. The largest absolute Gasteiger partial charge is 0.490 e. The number of halogens is 2. The van der Waals surface area contributed by atoms with Crippen LogP contribution in [0.1, 0.15) is 25.7 Å². The second-order valence-electron chi connectivity index (χ2n) is 8.08. The minimum absolute atomic E-state index is 0.0215. The van der Waals surface area contributed by atoms with Crippen LogP contribution in [0.3, 0.4) is 0 Å². The predicted molar refractivity (Wildman–Crippen MR) is 116 cm³/mol. The third-order valence-corrected chi connectivity index (χ3v) is 6.45. The fourth-order valence-corrected chi connectivity index (χ4v) is 4.99. The van der Waals surface area contributed by atoms with Gasteiger partial charge in [0.05, 0.1) is 5.02 Å². The standard InChI is InChI=1S/C24H22ClFN2O3/c25-21-9-10-22(24-20(21)2-1-11-27-24)30-14-23(29)28-16-5-6-17(28)13-19(12-16)31-18-7-3-15(26)4-8-18/h1-4,7-11,16-17,19H,5-6,12-14H2/t16-,17+,19?. The number of aromatic nitrogens is 1. The molecule has 160 valence electrons. The van der Waals surface area contributed by atoms with Crippen LogP contribution in [0.15, 0.2) is 54.7 Å². The second-order valence-corrected chi connectivity index (χ2v) is 8.49. The van der Waals surface area contributed by atoms with Gasteiger partial charge in [0, 0.05) is 36.5 Å². The van der Waals surface area contributed by atoms with Gasteiger partial charge in [-0.3, -0.25) is 9.78 Å². The highest BCUT2D eigenvalue weighted by molar-refractivity contribution is 6.35. The van der Waals surface area contributed by atoms with Crippen molar-refractivity contribution in [3.8, 4) is 11.5 Å². The number of fused-ring (bicyclic) bond motifs is 3. The molecule has 1 aromatic heterocycles. The molecule has 2 aliphatic rings. The van der Waals surface area contributed by atoms with Gasteiger partial charge in [-0.05, 0) is 61.4 Å².